The van der Waals surface area contributed by atoms with Crippen LogP contribution in [0.15, 0.2) is 163 Å². The van der Waals surface area contributed by atoms with Gasteiger partial charge in [-0.05, 0) is 110 Å². The highest BCUT2D eigenvalue weighted by molar-refractivity contribution is 7.16. The first-order valence-corrected chi connectivity index (χ1v) is 16.5. The lowest BCUT2D eigenvalue weighted by molar-refractivity contribution is 1.33. The first-order chi connectivity index (χ1) is 23.3. The van der Waals surface area contributed by atoms with Crippen LogP contribution in [0.5, 0.6) is 0 Å². The van der Waals surface area contributed by atoms with Crippen LogP contribution in [0.3, 0.4) is 0 Å². The molecule has 0 unspecified atom stereocenters. The van der Waals surface area contributed by atoms with Crippen molar-refractivity contribution in [3.8, 4) is 55.9 Å². The van der Waals surface area contributed by atoms with Gasteiger partial charge < -0.3 is 0 Å². The van der Waals surface area contributed by atoms with E-state index in [1.54, 1.807) is 11.3 Å². The monoisotopic (exact) mass is 617 g/mol. The van der Waals surface area contributed by atoms with E-state index < -0.39 is 0 Å². The molecule has 0 aliphatic heterocycles. The zero-order valence-electron chi connectivity index (χ0n) is 25.3. The van der Waals surface area contributed by atoms with Crippen molar-refractivity contribution in [2.45, 2.75) is 0 Å². The Morgan fingerprint density at radius 3 is 1.55 bits per heavy atom. The van der Waals surface area contributed by atoms with Gasteiger partial charge in [-0.25, -0.2) is 4.98 Å². The lowest BCUT2D eigenvalue weighted by Gasteiger charge is -2.19. The summed E-state index contributed by atoms with van der Waals surface area (Å²) in [4.78, 5) is 13.8. The molecule has 0 aliphatic rings. The van der Waals surface area contributed by atoms with Gasteiger partial charge in [0.1, 0.15) is 0 Å². The molecule has 0 fully saturated rings. The van der Waals surface area contributed by atoms with E-state index >= 15 is 0 Å². The number of thiazole rings is 1. The van der Waals surface area contributed by atoms with Gasteiger partial charge in [0.15, 0.2) is 0 Å². The predicted molar refractivity (Wildman–Crippen MR) is 197 cm³/mol. The Bertz CT molecular complexity index is 2570. The van der Waals surface area contributed by atoms with Crippen molar-refractivity contribution in [1.29, 1.82) is 0 Å². The highest BCUT2D eigenvalue weighted by atomic mass is 32.1. The van der Waals surface area contributed by atoms with Gasteiger partial charge in [0, 0.05) is 23.5 Å². The third-order valence-corrected chi connectivity index (χ3v) is 9.70. The van der Waals surface area contributed by atoms with E-state index in [1.807, 2.05) is 42.2 Å². The van der Waals surface area contributed by atoms with Crippen LogP contribution in [-0.2, 0) is 0 Å². The number of aromatic nitrogens is 3. The maximum atomic E-state index is 4.66. The van der Waals surface area contributed by atoms with Gasteiger partial charge in [-0.15, -0.1) is 11.3 Å². The van der Waals surface area contributed by atoms with E-state index in [9.17, 15) is 0 Å². The van der Waals surface area contributed by atoms with Crippen molar-refractivity contribution in [2.75, 3.05) is 0 Å². The van der Waals surface area contributed by atoms with Crippen LogP contribution in [0.25, 0.3) is 87.7 Å². The topological polar surface area (TPSA) is 38.7 Å². The van der Waals surface area contributed by atoms with Gasteiger partial charge in [-0.1, -0.05) is 91.0 Å². The van der Waals surface area contributed by atoms with E-state index in [0.717, 1.165) is 33.6 Å². The number of rotatable bonds is 5. The number of pyridine rings is 2. The van der Waals surface area contributed by atoms with Crippen molar-refractivity contribution in [3.05, 3.63) is 163 Å². The van der Waals surface area contributed by atoms with Crippen LogP contribution in [0.4, 0.5) is 0 Å². The van der Waals surface area contributed by atoms with Gasteiger partial charge in [0.05, 0.1) is 27.1 Å². The van der Waals surface area contributed by atoms with Crippen molar-refractivity contribution < 1.29 is 0 Å². The van der Waals surface area contributed by atoms with Gasteiger partial charge in [-0.2, -0.15) is 0 Å². The van der Waals surface area contributed by atoms with E-state index in [1.165, 1.54) is 54.1 Å². The summed E-state index contributed by atoms with van der Waals surface area (Å²) in [6, 6.07) is 52.0. The first kappa shape index (κ1) is 27.3. The quantitative estimate of drug-likeness (QED) is 0.180. The molecule has 0 atom stereocenters. The summed E-state index contributed by atoms with van der Waals surface area (Å²) in [5.41, 5.74) is 14.2. The predicted octanol–water partition coefficient (Wildman–Crippen LogP) is 11.7. The smallest absolute Gasteiger partial charge is 0.0812 e. The Hall–Kier alpha value is -5.97. The van der Waals surface area contributed by atoms with Crippen LogP contribution in [0.1, 0.15) is 0 Å². The van der Waals surface area contributed by atoms with Crippen molar-refractivity contribution >= 4 is 43.1 Å². The van der Waals surface area contributed by atoms with Crippen LogP contribution in [0, 0.1) is 0 Å². The molecule has 0 amide bonds. The SMILES string of the molecule is c1ccc(-c2cccc(-c3c4ccccc4c(-c4cccc(-c5ccccn5)c4)c4cc(-c5ccc6ncsc6c5)ccc34)c2)nc1. The second-order valence-electron chi connectivity index (χ2n) is 11.7. The molecule has 47 heavy (non-hydrogen) atoms. The summed E-state index contributed by atoms with van der Waals surface area (Å²) >= 11 is 1.68. The summed E-state index contributed by atoms with van der Waals surface area (Å²) in [7, 11) is 0. The van der Waals surface area contributed by atoms with Gasteiger partial charge >= 0.3 is 0 Å². The molecule has 0 radical (unpaired) electrons. The minimum absolute atomic E-state index is 0.962. The number of hydrogen-bond donors (Lipinski definition) is 0. The molecule has 0 spiro atoms. The van der Waals surface area contributed by atoms with Crippen molar-refractivity contribution in [1.82, 2.24) is 15.0 Å². The van der Waals surface area contributed by atoms with E-state index in [-0.39, 0.29) is 0 Å². The summed E-state index contributed by atoms with van der Waals surface area (Å²) in [6.07, 6.45) is 3.71. The molecule has 6 aromatic carbocycles. The highest BCUT2D eigenvalue weighted by Gasteiger charge is 2.19. The molecule has 3 heterocycles. The van der Waals surface area contributed by atoms with Crippen LogP contribution >= 0.6 is 11.3 Å². The molecule has 3 aromatic heterocycles. The zero-order chi connectivity index (χ0) is 31.2. The summed E-state index contributed by atoms with van der Waals surface area (Å²) in [5, 5.41) is 4.85. The Morgan fingerprint density at radius 2 is 0.915 bits per heavy atom. The Labute approximate surface area is 276 Å². The molecule has 0 saturated heterocycles. The van der Waals surface area contributed by atoms with E-state index in [4.69, 9.17) is 0 Å². The maximum absolute atomic E-state index is 4.66. The molecular formula is C43H27N3S. The fourth-order valence-electron chi connectivity index (χ4n) is 6.75. The third-order valence-electron chi connectivity index (χ3n) is 8.91. The number of hydrogen-bond acceptors (Lipinski definition) is 4. The van der Waals surface area contributed by atoms with Crippen LogP contribution < -0.4 is 0 Å². The van der Waals surface area contributed by atoms with Gasteiger partial charge in [0.2, 0.25) is 0 Å². The van der Waals surface area contributed by atoms with E-state index in [0.29, 0.717) is 0 Å². The standard InChI is InChI=1S/C43H27N3S/c1-2-14-35-34(13-1)42(32-11-7-9-30(23-32)38-15-3-5-21-44-38)36-19-17-28(29-18-20-40-41(26-29)47-27-46-40)25-37(36)43(35)33-12-8-10-31(24-33)39-16-4-6-22-45-39/h1-27H. The van der Waals surface area contributed by atoms with Gasteiger partial charge in [-0.3, -0.25) is 9.97 Å². The molecule has 220 valence electrons. The fraction of sp³-hybridized carbons (Fsp3) is 0. The normalized spacial score (nSPS) is 11.4. The Morgan fingerprint density at radius 1 is 0.362 bits per heavy atom. The molecule has 9 rings (SSSR count). The molecule has 0 bridgehead atoms. The molecular weight excluding hydrogens is 591 g/mol. The molecule has 9 aromatic rings. The summed E-state index contributed by atoms with van der Waals surface area (Å²) < 4.78 is 1.19. The summed E-state index contributed by atoms with van der Waals surface area (Å²) in [6.45, 7) is 0. The molecule has 0 N–H and O–H groups in total. The van der Waals surface area contributed by atoms with Crippen molar-refractivity contribution in [2.24, 2.45) is 0 Å². The lowest BCUT2D eigenvalue weighted by Crippen LogP contribution is -1.93. The third kappa shape index (κ3) is 4.87. The highest BCUT2D eigenvalue weighted by Crippen LogP contribution is 2.46. The van der Waals surface area contributed by atoms with Gasteiger partial charge in [0.25, 0.3) is 0 Å². The maximum Gasteiger partial charge on any atom is 0.0812 e. The average Bonchev–Trinajstić information content (AvgIpc) is 3.63. The number of benzene rings is 6. The minimum Gasteiger partial charge on any atom is -0.256 e. The molecule has 4 heteroatoms. The number of nitrogens with zero attached hydrogens (tertiary/aromatic N) is 3. The fourth-order valence-corrected chi connectivity index (χ4v) is 7.47. The van der Waals surface area contributed by atoms with Crippen molar-refractivity contribution in [3.63, 3.8) is 0 Å². The average molecular weight is 618 g/mol. The Balaban J connectivity index is 1.35. The number of fused-ring (bicyclic) bond motifs is 3. The second-order valence-corrected chi connectivity index (χ2v) is 12.6. The first-order valence-electron chi connectivity index (χ1n) is 15.7. The van der Waals surface area contributed by atoms with Crippen LogP contribution in [-0.4, -0.2) is 15.0 Å². The molecule has 0 saturated carbocycles. The zero-order valence-corrected chi connectivity index (χ0v) is 26.2. The second kappa shape index (κ2) is 11.4. The largest absolute Gasteiger partial charge is 0.256 e. The van der Waals surface area contributed by atoms with E-state index in [2.05, 4.69) is 136 Å². The summed E-state index contributed by atoms with van der Waals surface area (Å²) in [5.74, 6) is 0. The molecule has 0 aliphatic carbocycles. The van der Waals surface area contributed by atoms with Crippen LogP contribution in [0.2, 0.25) is 0 Å². The minimum atomic E-state index is 0.962. The lowest BCUT2D eigenvalue weighted by atomic mass is 9.84. The molecule has 3 nitrogen and oxygen atoms in total. The Kier molecular flexibility index (Phi) is 6.65.